The molecule has 1 aliphatic heterocycles. The minimum absolute atomic E-state index is 0.00572. The van der Waals surface area contributed by atoms with Gasteiger partial charge in [0.05, 0.1) is 0 Å². The van der Waals surface area contributed by atoms with Crippen molar-refractivity contribution in [3.63, 3.8) is 0 Å². The summed E-state index contributed by atoms with van der Waals surface area (Å²) in [6.07, 6.45) is 3.09. The van der Waals surface area contributed by atoms with Crippen LogP contribution in [0.1, 0.15) is 33.6 Å². The molecule has 0 bridgehead atoms. The average Bonchev–Trinajstić information content (AvgIpc) is 2.00. The summed E-state index contributed by atoms with van der Waals surface area (Å²) in [6, 6.07) is 0. The van der Waals surface area contributed by atoms with Crippen LogP contribution in [0.3, 0.4) is 0 Å². The molecule has 0 aromatic carbocycles. The lowest BCUT2D eigenvalue weighted by atomic mass is 10.1. The molecular formula is C10H14O4. The highest BCUT2D eigenvalue weighted by Crippen LogP contribution is 2.22. The topological polar surface area (TPSA) is 52.6 Å². The first-order chi connectivity index (χ1) is 6.46. The van der Waals surface area contributed by atoms with Gasteiger partial charge < -0.3 is 9.47 Å². The van der Waals surface area contributed by atoms with Crippen molar-refractivity contribution in [1.82, 2.24) is 0 Å². The fourth-order valence-electron chi connectivity index (χ4n) is 1.12. The Hall–Kier alpha value is -1.32. The first-order valence-electron chi connectivity index (χ1n) is 4.63. The molecule has 1 saturated heterocycles. The summed E-state index contributed by atoms with van der Waals surface area (Å²) in [5, 5.41) is 0. The van der Waals surface area contributed by atoms with Crippen molar-refractivity contribution < 1.29 is 19.1 Å². The summed E-state index contributed by atoms with van der Waals surface area (Å²) in [5.74, 6) is -2.34. The number of hydrogen-bond acceptors (Lipinski definition) is 4. The van der Waals surface area contributed by atoms with Crippen molar-refractivity contribution in [2.24, 2.45) is 0 Å². The third kappa shape index (κ3) is 2.34. The van der Waals surface area contributed by atoms with E-state index in [1.165, 1.54) is 13.8 Å². The second kappa shape index (κ2) is 3.82. The molecule has 0 N–H and O–H groups in total. The molecule has 0 radical (unpaired) electrons. The maximum atomic E-state index is 11.3. The van der Waals surface area contributed by atoms with Crippen LogP contribution in [0.15, 0.2) is 11.6 Å². The molecule has 14 heavy (non-hydrogen) atoms. The maximum absolute atomic E-state index is 11.3. The number of unbranched alkanes of at least 4 members (excludes halogenated alkanes) is 1. The molecule has 0 aromatic heterocycles. The molecule has 0 aliphatic carbocycles. The van der Waals surface area contributed by atoms with E-state index in [-0.39, 0.29) is 5.57 Å². The third-order valence-corrected chi connectivity index (χ3v) is 1.75. The molecule has 1 rings (SSSR count). The van der Waals surface area contributed by atoms with Gasteiger partial charge in [0.25, 0.3) is 5.79 Å². The van der Waals surface area contributed by atoms with Crippen molar-refractivity contribution in [2.45, 2.75) is 39.4 Å². The molecule has 0 aromatic rings. The van der Waals surface area contributed by atoms with E-state index in [4.69, 9.17) is 9.47 Å². The molecule has 0 atom stereocenters. The quantitative estimate of drug-likeness (QED) is 0.384. The van der Waals surface area contributed by atoms with E-state index in [2.05, 4.69) is 0 Å². The molecule has 1 heterocycles. The Morgan fingerprint density at radius 3 is 2.14 bits per heavy atom. The summed E-state index contributed by atoms with van der Waals surface area (Å²) in [6.45, 7) is 5.01. The summed E-state index contributed by atoms with van der Waals surface area (Å²) in [7, 11) is 0. The van der Waals surface area contributed by atoms with E-state index in [1.54, 1.807) is 6.08 Å². The normalized spacial score (nSPS) is 20.1. The van der Waals surface area contributed by atoms with Gasteiger partial charge >= 0.3 is 11.9 Å². The van der Waals surface area contributed by atoms with Crippen molar-refractivity contribution >= 4 is 11.9 Å². The minimum Gasteiger partial charge on any atom is -0.419 e. The Balaban J connectivity index is 2.81. The van der Waals surface area contributed by atoms with Crippen LogP contribution < -0.4 is 0 Å². The highest BCUT2D eigenvalue weighted by Gasteiger charge is 2.38. The van der Waals surface area contributed by atoms with Crippen molar-refractivity contribution in [3.05, 3.63) is 11.6 Å². The van der Waals surface area contributed by atoms with E-state index in [1.807, 2.05) is 6.92 Å². The summed E-state index contributed by atoms with van der Waals surface area (Å²) < 4.78 is 9.81. The van der Waals surface area contributed by atoms with E-state index in [0.29, 0.717) is 6.42 Å². The van der Waals surface area contributed by atoms with E-state index in [0.717, 1.165) is 6.42 Å². The number of hydrogen-bond donors (Lipinski definition) is 0. The SMILES string of the molecule is CCCC=C1C(=O)OC(C)(C)OC1=O. The smallest absolute Gasteiger partial charge is 0.348 e. The van der Waals surface area contributed by atoms with Crippen LogP contribution in [0.2, 0.25) is 0 Å². The molecule has 1 fully saturated rings. The van der Waals surface area contributed by atoms with Crippen molar-refractivity contribution in [2.75, 3.05) is 0 Å². The standard InChI is InChI=1S/C10H14O4/c1-4-5-6-7-8(11)13-10(2,3)14-9(7)12/h6H,4-5H2,1-3H3. The summed E-state index contributed by atoms with van der Waals surface area (Å²) in [4.78, 5) is 22.7. The molecule has 1 aliphatic rings. The third-order valence-electron chi connectivity index (χ3n) is 1.75. The van der Waals surface area contributed by atoms with Crippen molar-refractivity contribution in [3.8, 4) is 0 Å². The number of ether oxygens (including phenoxy) is 2. The number of allylic oxidation sites excluding steroid dienone is 1. The van der Waals surface area contributed by atoms with Gasteiger partial charge in [-0.2, -0.15) is 0 Å². The number of carbonyl (C=O) groups excluding carboxylic acids is 2. The highest BCUT2D eigenvalue weighted by molar-refractivity contribution is 6.15. The van der Waals surface area contributed by atoms with Gasteiger partial charge in [-0.3, -0.25) is 0 Å². The number of carbonyl (C=O) groups is 2. The monoisotopic (exact) mass is 198 g/mol. The largest absolute Gasteiger partial charge is 0.419 e. The van der Waals surface area contributed by atoms with Gasteiger partial charge in [0.1, 0.15) is 5.57 Å². The summed E-state index contributed by atoms with van der Waals surface area (Å²) >= 11 is 0. The van der Waals surface area contributed by atoms with Gasteiger partial charge in [-0.25, -0.2) is 9.59 Å². The maximum Gasteiger partial charge on any atom is 0.348 e. The second-order valence-corrected chi connectivity index (χ2v) is 3.59. The van der Waals surface area contributed by atoms with Crippen LogP contribution in [0.5, 0.6) is 0 Å². The zero-order chi connectivity index (χ0) is 10.8. The second-order valence-electron chi connectivity index (χ2n) is 3.59. The lowest BCUT2D eigenvalue weighted by Gasteiger charge is -2.29. The van der Waals surface area contributed by atoms with Crippen LogP contribution in [0, 0.1) is 0 Å². The highest BCUT2D eigenvalue weighted by atomic mass is 16.7. The molecule has 78 valence electrons. The first kappa shape index (κ1) is 10.8. The van der Waals surface area contributed by atoms with Gasteiger partial charge in [0.2, 0.25) is 0 Å². The van der Waals surface area contributed by atoms with Crippen LogP contribution >= 0.6 is 0 Å². The van der Waals surface area contributed by atoms with Crippen LogP contribution in [0.25, 0.3) is 0 Å². The van der Waals surface area contributed by atoms with E-state index in [9.17, 15) is 9.59 Å². The molecular weight excluding hydrogens is 184 g/mol. The van der Waals surface area contributed by atoms with Gasteiger partial charge in [-0.05, 0) is 6.42 Å². The van der Waals surface area contributed by atoms with Gasteiger partial charge in [-0.15, -0.1) is 0 Å². The Labute approximate surface area is 82.9 Å². The lowest BCUT2D eigenvalue weighted by molar-refractivity contribution is -0.222. The molecule has 0 unspecified atom stereocenters. The Morgan fingerprint density at radius 1 is 1.21 bits per heavy atom. The summed E-state index contributed by atoms with van der Waals surface area (Å²) in [5.41, 5.74) is 0.00572. The average molecular weight is 198 g/mol. The van der Waals surface area contributed by atoms with Gasteiger partial charge in [0, 0.05) is 13.8 Å². The fraction of sp³-hybridized carbons (Fsp3) is 0.600. The Bertz CT molecular complexity index is 266. The first-order valence-corrected chi connectivity index (χ1v) is 4.63. The zero-order valence-corrected chi connectivity index (χ0v) is 8.62. The lowest BCUT2D eigenvalue weighted by Crippen LogP contribution is -2.41. The molecule has 4 nitrogen and oxygen atoms in total. The number of esters is 2. The molecule has 0 spiro atoms. The van der Waals surface area contributed by atoms with Crippen LogP contribution in [0.4, 0.5) is 0 Å². The zero-order valence-electron chi connectivity index (χ0n) is 8.62. The van der Waals surface area contributed by atoms with Crippen molar-refractivity contribution in [1.29, 1.82) is 0 Å². The number of cyclic esters (lactones) is 2. The fourth-order valence-corrected chi connectivity index (χ4v) is 1.12. The Kier molecular flexibility index (Phi) is 2.93. The molecule has 0 amide bonds. The van der Waals surface area contributed by atoms with E-state index >= 15 is 0 Å². The number of rotatable bonds is 2. The molecule has 4 heteroatoms. The van der Waals surface area contributed by atoms with Gasteiger partial charge in [-0.1, -0.05) is 19.4 Å². The van der Waals surface area contributed by atoms with Gasteiger partial charge in [0.15, 0.2) is 0 Å². The Morgan fingerprint density at radius 2 is 1.71 bits per heavy atom. The van der Waals surface area contributed by atoms with E-state index < -0.39 is 17.7 Å². The minimum atomic E-state index is -1.14. The predicted molar refractivity (Wildman–Crippen MR) is 49.3 cm³/mol. The van der Waals surface area contributed by atoms with Crippen LogP contribution in [-0.4, -0.2) is 17.7 Å². The van der Waals surface area contributed by atoms with Crippen LogP contribution in [-0.2, 0) is 19.1 Å². The molecule has 0 saturated carbocycles. The predicted octanol–water partition coefficient (Wildman–Crippen LogP) is 1.55.